The SMILES string of the molecule is CN1C2CCC1CC1(CCNCC1c1ccc(Cl)cc1)C2. The molecule has 3 aliphatic rings. The van der Waals surface area contributed by atoms with E-state index in [2.05, 4.69) is 41.5 Å². The normalized spacial score (nSPS) is 39.8. The van der Waals surface area contributed by atoms with Gasteiger partial charge >= 0.3 is 0 Å². The molecule has 1 N–H and O–H groups in total. The van der Waals surface area contributed by atoms with E-state index in [1.54, 1.807) is 0 Å². The topological polar surface area (TPSA) is 15.3 Å². The maximum atomic E-state index is 6.08. The predicted octanol–water partition coefficient (Wildman–Crippen LogP) is 3.66. The third-order valence-corrected chi connectivity index (χ3v) is 6.68. The van der Waals surface area contributed by atoms with Crippen molar-refractivity contribution in [3.05, 3.63) is 34.9 Å². The van der Waals surface area contributed by atoms with Crippen molar-refractivity contribution < 1.29 is 0 Å². The fourth-order valence-corrected chi connectivity index (χ4v) is 5.36. The molecular weight excluding hydrogens is 280 g/mol. The van der Waals surface area contributed by atoms with Gasteiger partial charge in [0.05, 0.1) is 0 Å². The molecule has 3 fully saturated rings. The van der Waals surface area contributed by atoms with Crippen molar-refractivity contribution in [1.29, 1.82) is 0 Å². The Hall–Kier alpha value is -0.570. The number of nitrogens with zero attached hydrogens (tertiary/aromatic N) is 1. The van der Waals surface area contributed by atoms with Gasteiger partial charge in [-0.25, -0.2) is 0 Å². The first-order valence-corrected chi connectivity index (χ1v) is 8.74. The summed E-state index contributed by atoms with van der Waals surface area (Å²) in [5.74, 6) is 0.653. The fraction of sp³-hybridized carbons (Fsp3) is 0.667. The summed E-state index contributed by atoms with van der Waals surface area (Å²) < 4.78 is 0. The highest BCUT2D eigenvalue weighted by Crippen LogP contribution is 2.54. The molecule has 21 heavy (non-hydrogen) atoms. The summed E-state index contributed by atoms with van der Waals surface area (Å²) in [4.78, 5) is 2.66. The van der Waals surface area contributed by atoms with Crippen LogP contribution >= 0.6 is 11.6 Å². The van der Waals surface area contributed by atoms with Crippen LogP contribution in [0.5, 0.6) is 0 Å². The van der Waals surface area contributed by atoms with E-state index in [4.69, 9.17) is 11.6 Å². The molecule has 2 bridgehead atoms. The van der Waals surface area contributed by atoms with E-state index in [9.17, 15) is 0 Å². The molecule has 0 radical (unpaired) electrons. The van der Waals surface area contributed by atoms with E-state index in [-0.39, 0.29) is 0 Å². The lowest BCUT2D eigenvalue weighted by atomic mass is 9.61. The van der Waals surface area contributed by atoms with Gasteiger partial charge < -0.3 is 10.2 Å². The van der Waals surface area contributed by atoms with Crippen molar-refractivity contribution in [2.75, 3.05) is 20.1 Å². The van der Waals surface area contributed by atoms with E-state index >= 15 is 0 Å². The highest BCUT2D eigenvalue weighted by atomic mass is 35.5. The molecule has 3 heterocycles. The van der Waals surface area contributed by atoms with E-state index in [0.717, 1.165) is 23.7 Å². The maximum absolute atomic E-state index is 6.08. The molecule has 114 valence electrons. The van der Waals surface area contributed by atoms with Gasteiger partial charge in [0.2, 0.25) is 0 Å². The van der Waals surface area contributed by atoms with Crippen LogP contribution in [0, 0.1) is 5.41 Å². The first-order chi connectivity index (χ1) is 10.2. The summed E-state index contributed by atoms with van der Waals surface area (Å²) in [6.45, 7) is 2.32. The van der Waals surface area contributed by atoms with Crippen LogP contribution in [0.2, 0.25) is 5.02 Å². The minimum Gasteiger partial charge on any atom is -0.316 e. The van der Waals surface area contributed by atoms with Crippen LogP contribution in [0.3, 0.4) is 0 Å². The van der Waals surface area contributed by atoms with Crippen LogP contribution in [0.15, 0.2) is 24.3 Å². The van der Waals surface area contributed by atoms with Gasteiger partial charge in [-0.1, -0.05) is 23.7 Å². The van der Waals surface area contributed by atoms with Crippen molar-refractivity contribution in [3.63, 3.8) is 0 Å². The third-order valence-electron chi connectivity index (χ3n) is 6.43. The Balaban J connectivity index is 1.67. The van der Waals surface area contributed by atoms with Gasteiger partial charge in [0, 0.05) is 29.6 Å². The summed E-state index contributed by atoms with van der Waals surface area (Å²) in [5, 5.41) is 4.48. The molecule has 4 rings (SSSR count). The molecule has 3 atom stereocenters. The number of benzene rings is 1. The largest absolute Gasteiger partial charge is 0.316 e. The van der Waals surface area contributed by atoms with Crippen LogP contribution in [-0.2, 0) is 0 Å². The van der Waals surface area contributed by atoms with Gasteiger partial charge in [-0.15, -0.1) is 0 Å². The number of halogens is 1. The maximum Gasteiger partial charge on any atom is 0.0406 e. The monoisotopic (exact) mass is 304 g/mol. The zero-order valence-electron chi connectivity index (χ0n) is 12.8. The Morgan fingerprint density at radius 3 is 2.48 bits per heavy atom. The third kappa shape index (κ3) is 2.32. The second-order valence-corrected chi connectivity index (χ2v) is 7.82. The molecule has 1 aromatic rings. The van der Waals surface area contributed by atoms with Crippen molar-refractivity contribution in [3.8, 4) is 0 Å². The lowest BCUT2D eigenvalue weighted by molar-refractivity contribution is 0.0196. The number of rotatable bonds is 1. The molecule has 0 saturated carbocycles. The number of piperidine rings is 2. The summed E-state index contributed by atoms with van der Waals surface area (Å²) in [6.07, 6.45) is 6.92. The van der Waals surface area contributed by atoms with Gasteiger partial charge in [-0.2, -0.15) is 0 Å². The van der Waals surface area contributed by atoms with Gasteiger partial charge in [0.15, 0.2) is 0 Å². The first kappa shape index (κ1) is 14.0. The molecule has 1 spiro atoms. The minimum absolute atomic E-state index is 0.511. The van der Waals surface area contributed by atoms with Crippen LogP contribution in [0.1, 0.15) is 43.6 Å². The number of hydrogen-bond acceptors (Lipinski definition) is 2. The smallest absolute Gasteiger partial charge is 0.0406 e. The first-order valence-electron chi connectivity index (χ1n) is 8.36. The van der Waals surface area contributed by atoms with Crippen molar-refractivity contribution in [1.82, 2.24) is 10.2 Å². The Morgan fingerprint density at radius 2 is 1.81 bits per heavy atom. The van der Waals surface area contributed by atoms with E-state index in [1.807, 2.05) is 0 Å². The summed E-state index contributed by atoms with van der Waals surface area (Å²) >= 11 is 6.08. The van der Waals surface area contributed by atoms with Crippen molar-refractivity contribution in [2.24, 2.45) is 5.41 Å². The molecule has 0 aliphatic carbocycles. The molecular formula is C18H25ClN2. The number of fused-ring (bicyclic) bond motifs is 2. The van der Waals surface area contributed by atoms with Crippen molar-refractivity contribution >= 4 is 11.6 Å². The van der Waals surface area contributed by atoms with Crippen LogP contribution in [-0.4, -0.2) is 37.1 Å². The van der Waals surface area contributed by atoms with Gasteiger partial charge in [0.1, 0.15) is 0 Å². The van der Waals surface area contributed by atoms with Gasteiger partial charge in [-0.3, -0.25) is 0 Å². The molecule has 3 unspecified atom stereocenters. The highest BCUT2D eigenvalue weighted by Gasteiger charge is 2.51. The Kier molecular flexibility index (Phi) is 3.52. The van der Waals surface area contributed by atoms with Crippen molar-refractivity contribution in [2.45, 2.75) is 50.1 Å². The number of nitrogens with one attached hydrogen (secondary N) is 1. The Bertz CT molecular complexity index is 498. The standard InChI is InChI=1S/C18H25ClN2/c1-21-15-6-7-16(21)11-18(10-15)8-9-20-12-17(18)13-2-4-14(19)5-3-13/h2-5,15-17,20H,6-12H2,1H3. The second-order valence-electron chi connectivity index (χ2n) is 7.38. The lowest BCUT2D eigenvalue weighted by Crippen LogP contribution is -2.53. The highest BCUT2D eigenvalue weighted by molar-refractivity contribution is 6.30. The molecule has 3 aliphatic heterocycles. The summed E-state index contributed by atoms with van der Waals surface area (Å²) in [7, 11) is 2.34. The summed E-state index contributed by atoms with van der Waals surface area (Å²) in [5.41, 5.74) is 1.99. The Morgan fingerprint density at radius 1 is 1.14 bits per heavy atom. The quantitative estimate of drug-likeness (QED) is 0.852. The molecule has 3 saturated heterocycles. The van der Waals surface area contributed by atoms with Crippen LogP contribution in [0.25, 0.3) is 0 Å². The average Bonchev–Trinajstić information content (AvgIpc) is 2.72. The second kappa shape index (κ2) is 5.26. The zero-order valence-corrected chi connectivity index (χ0v) is 13.6. The lowest BCUT2D eigenvalue weighted by Gasteiger charge is -2.52. The molecule has 0 amide bonds. The van der Waals surface area contributed by atoms with E-state index in [1.165, 1.54) is 44.2 Å². The van der Waals surface area contributed by atoms with E-state index < -0.39 is 0 Å². The molecule has 1 aromatic carbocycles. The zero-order chi connectivity index (χ0) is 14.4. The Labute approximate surface area is 132 Å². The van der Waals surface area contributed by atoms with Gasteiger partial charge in [-0.05, 0) is 68.8 Å². The summed E-state index contributed by atoms with van der Waals surface area (Å²) in [6, 6.07) is 10.3. The van der Waals surface area contributed by atoms with E-state index in [0.29, 0.717) is 11.3 Å². The van der Waals surface area contributed by atoms with Gasteiger partial charge in [0.25, 0.3) is 0 Å². The van der Waals surface area contributed by atoms with Crippen LogP contribution < -0.4 is 5.32 Å². The van der Waals surface area contributed by atoms with Crippen LogP contribution in [0.4, 0.5) is 0 Å². The molecule has 2 nitrogen and oxygen atoms in total. The molecule has 3 heteroatoms. The average molecular weight is 305 g/mol. The molecule has 0 aromatic heterocycles. The number of hydrogen-bond donors (Lipinski definition) is 1. The minimum atomic E-state index is 0.511. The fourth-order valence-electron chi connectivity index (χ4n) is 5.23. The predicted molar refractivity (Wildman–Crippen MR) is 87.9 cm³/mol.